The first kappa shape index (κ1) is 15.9. The lowest BCUT2D eigenvalue weighted by atomic mass is 9.97. The van der Waals surface area contributed by atoms with E-state index in [2.05, 4.69) is 29.0 Å². The molecule has 0 bridgehead atoms. The Labute approximate surface area is 114 Å². The van der Waals surface area contributed by atoms with E-state index in [1.165, 1.54) is 58.7 Å². The molecule has 108 valence electrons. The lowest BCUT2D eigenvalue weighted by Gasteiger charge is -2.39. The van der Waals surface area contributed by atoms with Crippen LogP contribution in [0.4, 0.5) is 0 Å². The third-order valence-electron chi connectivity index (χ3n) is 4.11. The molecule has 0 aromatic carbocycles. The number of piperazine rings is 1. The van der Waals surface area contributed by atoms with Crippen molar-refractivity contribution in [1.82, 2.24) is 15.1 Å². The van der Waals surface area contributed by atoms with Crippen molar-refractivity contribution in [1.29, 1.82) is 0 Å². The summed E-state index contributed by atoms with van der Waals surface area (Å²) in [5.41, 5.74) is 0. The van der Waals surface area contributed by atoms with Gasteiger partial charge in [-0.15, -0.1) is 0 Å². The van der Waals surface area contributed by atoms with Gasteiger partial charge in [0.15, 0.2) is 0 Å². The van der Waals surface area contributed by atoms with E-state index in [1.54, 1.807) is 0 Å². The molecule has 0 aromatic rings. The molecule has 2 aliphatic heterocycles. The highest BCUT2D eigenvalue weighted by Gasteiger charge is 2.22. The van der Waals surface area contributed by atoms with Crippen LogP contribution in [0.3, 0.4) is 0 Å². The molecule has 0 saturated carbocycles. The SMILES string of the molecule is CC.CC(C)N1CCN(CC2CCNCC2)CC1. The Morgan fingerprint density at radius 1 is 1.00 bits per heavy atom. The van der Waals surface area contributed by atoms with Crippen LogP contribution in [0.1, 0.15) is 40.5 Å². The molecular weight excluding hydrogens is 222 g/mol. The molecule has 0 unspecified atom stereocenters. The summed E-state index contributed by atoms with van der Waals surface area (Å²) in [6.45, 7) is 17.5. The van der Waals surface area contributed by atoms with Gasteiger partial charge in [-0.05, 0) is 45.7 Å². The van der Waals surface area contributed by atoms with E-state index in [-0.39, 0.29) is 0 Å². The molecule has 2 fully saturated rings. The van der Waals surface area contributed by atoms with Crippen molar-refractivity contribution in [2.45, 2.75) is 46.6 Å². The normalized spacial score (nSPS) is 23.8. The van der Waals surface area contributed by atoms with E-state index < -0.39 is 0 Å². The maximum Gasteiger partial charge on any atom is 0.0113 e. The molecule has 0 spiro atoms. The molecule has 3 nitrogen and oxygen atoms in total. The number of nitrogens with zero attached hydrogens (tertiary/aromatic N) is 2. The predicted molar refractivity (Wildman–Crippen MR) is 80.1 cm³/mol. The number of piperidine rings is 1. The van der Waals surface area contributed by atoms with Gasteiger partial charge in [0, 0.05) is 38.8 Å². The lowest BCUT2D eigenvalue weighted by molar-refractivity contribution is 0.0920. The lowest BCUT2D eigenvalue weighted by Crippen LogP contribution is -2.50. The van der Waals surface area contributed by atoms with Crippen molar-refractivity contribution in [3.63, 3.8) is 0 Å². The summed E-state index contributed by atoms with van der Waals surface area (Å²) in [7, 11) is 0. The van der Waals surface area contributed by atoms with Crippen LogP contribution in [-0.2, 0) is 0 Å². The van der Waals surface area contributed by atoms with Crippen LogP contribution in [-0.4, -0.2) is 61.7 Å². The maximum atomic E-state index is 3.45. The highest BCUT2D eigenvalue weighted by Crippen LogP contribution is 2.15. The van der Waals surface area contributed by atoms with Crippen LogP contribution in [0, 0.1) is 5.92 Å². The molecule has 2 rings (SSSR count). The molecule has 0 radical (unpaired) electrons. The van der Waals surface area contributed by atoms with Crippen molar-refractivity contribution in [2.75, 3.05) is 45.8 Å². The molecule has 2 aliphatic rings. The average Bonchev–Trinajstić information content (AvgIpc) is 2.43. The zero-order valence-corrected chi connectivity index (χ0v) is 12.9. The fourth-order valence-electron chi connectivity index (χ4n) is 2.89. The summed E-state index contributed by atoms with van der Waals surface area (Å²) in [5, 5.41) is 3.45. The quantitative estimate of drug-likeness (QED) is 0.832. The number of hydrogen-bond donors (Lipinski definition) is 1. The van der Waals surface area contributed by atoms with Gasteiger partial charge in [-0.1, -0.05) is 13.8 Å². The Morgan fingerprint density at radius 2 is 1.56 bits per heavy atom. The highest BCUT2D eigenvalue weighted by molar-refractivity contribution is 4.78. The second-order valence-corrected chi connectivity index (χ2v) is 5.62. The van der Waals surface area contributed by atoms with Crippen molar-refractivity contribution < 1.29 is 0 Å². The molecule has 3 heteroatoms. The summed E-state index contributed by atoms with van der Waals surface area (Å²) in [6, 6.07) is 0.723. The number of rotatable bonds is 3. The maximum absolute atomic E-state index is 3.45. The van der Waals surface area contributed by atoms with Crippen LogP contribution in [0.2, 0.25) is 0 Å². The molecule has 1 N–H and O–H groups in total. The van der Waals surface area contributed by atoms with Crippen molar-refractivity contribution >= 4 is 0 Å². The Bertz CT molecular complexity index is 192. The zero-order valence-electron chi connectivity index (χ0n) is 12.9. The largest absolute Gasteiger partial charge is 0.317 e. The molecule has 0 atom stereocenters. The van der Waals surface area contributed by atoms with Crippen LogP contribution in [0.5, 0.6) is 0 Å². The molecular formula is C15H33N3. The first-order valence-electron chi connectivity index (χ1n) is 7.93. The van der Waals surface area contributed by atoms with E-state index in [1.807, 2.05) is 13.8 Å². The van der Waals surface area contributed by atoms with Crippen LogP contribution in [0.15, 0.2) is 0 Å². The van der Waals surface area contributed by atoms with Crippen LogP contribution in [0.25, 0.3) is 0 Å². The van der Waals surface area contributed by atoms with Crippen molar-refractivity contribution in [3.05, 3.63) is 0 Å². The second-order valence-electron chi connectivity index (χ2n) is 5.62. The highest BCUT2D eigenvalue weighted by atomic mass is 15.3. The molecule has 2 saturated heterocycles. The van der Waals surface area contributed by atoms with Crippen LogP contribution >= 0.6 is 0 Å². The average molecular weight is 255 g/mol. The third kappa shape index (κ3) is 5.25. The first-order chi connectivity index (χ1) is 8.75. The van der Waals surface area contributed by atoms with E-state index in [0.717, 1.165) is 12.0 Å². The van der Waals surface area contributed by atoms with Gasteiger partial charge in [0.1, 0.15) is 0 Å². The second kappa shape index (κ2) is 8.89. The Hall–Kier alpha value is -0.120. The standard InChI is InChI=1S/C13H27N3.C2H6/c1-12(2)16-9-7-15(8-10-16)11-13-3-5-14-6-4-13;1-2/h12-14H,3-11H2,1-2H3;1-2H3. The van der Waals surface area contributed by atoms with Gasteiger partial charge in [-0.2, -0.15) is 0 Å². The summed E-state index contributed by atoms with van der Waals surface area (Å²) >= 11 is 0. The fraction of sp³-hybridized carbons (Fsp3) is 1.00. The Morgan fingerprint density at radius 3 is 2.06 bits per heavy atom. The first-order valence-corrected chi connectivity index (χ1v) is 7.93. The number of hydrogen-bond acceptors (Lipinski definition) is 3. The minimum absolute atomic E-state index is 0.723. The molecule has 0 amide bonds. The molecule has 2 heterocycles. The van der Waals surface area contributed by atoms with Gasteiger partial charge < -0.3 is 10.2 Å². The van der Waals surface area contributed by atoms with Gasteiger partial charge in [0.2, 0.25) is 0 Å². The Balaban J connectivity index is 0.000000771. The third-order valence-corrected chi connectivity index (χ3v) is 4.11. The fourth-order valence-corrected chi connectivity index (χ4v) is 2.89. The van der Waals surface area contributed by atoms with E-state index in [9.17, 15) is 0 Å². The summed E-state index contributed by atoms with van der Waals surface area (Å²) in [6.07, 6.45) is 2.76. The van der Waals surface area contributed by atoms with Crippen LogP contribution < -0.4 is 5.32 Å². The zero-order chi connectivity index (χ0) is 13.4. The number of nitrogens with one attached hydrogen (secondary N) is 1. The van der Waals surface area contributed by atoms with Crippen molar-refractivity contribution in [2.24, 2.45) is 5.92 Å². The topological polar surface area (TPSA) is 18.5 Å². The van der Waals surface area contributed by atoms with Gasteiger partial charge >= 0.3 is 0 Å². The monoisotopic (exact) mass is 255 g/mol. The minimum Gasteiger partial charge on any atom is -0.317 e. The predicted octanol–water partition coefficient (Wildman–Crippen LogP) is 2.04. The van der Waals surface area contributed by atoms with Gasteiger partial charge in [-0.25, -0.2) is 0 Å². The molecule has 18 heavy (non-hydrogen) atoms. The van der Waals surface area contributed by atoms with Gasteiger partial charge in [0.25, 0.3) is 0 Å². The Kier molecular flexibility index (Phi) is 7.87. The smallest absolute Gasteiger partial charge is 0.0113 e. The van der Waals surface area contributed by atoms with Crippen molar-refractivity contribution in [3.8, 4) is 0 Å². The van der Waals surface area contributed by atoms with E-state index in [0.29, 0.717) is 0 Å². The van der Waals surface area contributed by atoms with E-state index in [4.69, 9.17) is 0 Å². The van der Waals surface area contributed by atoms with Gasteiger partial charge in [-0.3, -0.25) is 4.90 Å². The molecule has 0 aliphatic carbocycles. The summed E-state index contributed by atoms with van der Waals surface area (Å²) in [4.78, 5) is 5.27. The van der Waals surface area contributed by atoms with Gasteiger partial charge in [0.05, 0.1) is 0 Å². The van der Waals surface area contributed by atoms with E-state index >= 15 is 0 Å². The summed E-state index contributed by atoms with van der Waals surface area (Å²) in [5.74, 6) is 0.951. The minimum atomic E-state index is 0.723. The molecule has 0 aromatic heterocycles. The summed E-state index contributed by atoms with van der Waals surface area (Å²) < 4.78 is 0.